The molecule has 0 bridgehead atoms. The molecule has 0 unspecified atom stereocenters. The summed E-state index contributed by atoms with van der Waals surface area (Å²) in [7, 11) is 0. The average Bonchev–Trinajstić information content (AvgIpc) is 2.54. The first-order valence-corrected chi connectivity index (χ1v) is 9.71. The maximum absolute atomic E-state index is 9.93. The molecule has 0 radical (unpaired) electrons. The van der Waals surface area contributed by atoms with Gasteiger partial charge in [0.1, 0.15) is 11.5 Å². The molecule has 0 aliphatic carbocycles. The molecule has 0 heterocycles. The Balaban J connectivity index is -0.000000125. The smallest absolute Gasteiger partial charge is 0.122 e. The summed E-state index contributed by atoms with van der Waals surface area (Å²) in [6.07, 6.45) is 0. The van der Waals surface area contributed by atoms with E-state index in [4.69, 9.17) is 0 Å². The molecule has 2 rings (SSSR count). The van der Waals surface area contributed by atoms with E-state index in [1.54, 1.807) is 0 Å². The minimum atomic E-state index is 0. The van der Waals surface area contributed by atoms with Crippen molar-refractivity contribution >= 4 is 49.6 Å². The van der Waals surface area contributed by atoms with Crippen molar-refractivity contribution < 1.29 is 31.3 Å². The first-order chi connectivity index (χ1) is 12.1. The molecular weight excluding hydrogens is 646 g/mol. The molecule has 182 valence electrons. The van der Waals surface area contributed by atoms with Crippen molar-refractivity contribution in [2.24, 2.45) is 0 Å². The first-order valence-electron chi connectivity index (χ1n) is 9.71. The minimum Gasteiger partial charge on any atom is -0.507 e. The van der Waals surface area contributed by atoms with Crippen LogP contribution in [0, 0.1) is 0 Å². The topological polar surface area (TPSA) is 40.5 Å². The molecule has 0 aromatic heterocycles. The Morgan fingerprint density at radius 1 is 0.452 bits per heavy atom. The molecule has 0 fully saturated rings. The summed E-state index contributed by atoms with van der Waals surface area (Å²) in [5.41, 5.74) is 4.19. The van der Waals surface area contributed by atoms with Gasteiger partial charge >= 0.3 is 0 Å². The van der Waals surface area contributed by atoms with Crippen LogP contribution in [0.5, 0.6) is 11.5 Å². The maximum Gasteiger partial charge on any atom is 0.122 e. The zero-order valence-corrected chi connectivity index (χ0v) is 25.9. The van der Waals surface area contributed by atoms with Gasteiger partial charge in [0.05, 0.1) is 0 Å². The van der Waals surface area contributed by atoms with Gasteiger partial charge < -0.3 is 10.2 Å². The van der Waals surface area contributed by atoms with Crippen LogP contribution in [0.3, 0.4) is 0 Å². The summed E-state index contributed by atoms with van der Waals surface area (Å²) < 4.78 is 0. The summed E-state index contributed by atoms with van der Waals surface area (Å²) in [6.45, 7) is 16.8. The Morgan fingerprint density at radius 2 is 0.613 bits per heavy atom. The number of rotatable bonds is 4. The molecule has 0 amide bonds. The standard InChI is InChI=1S/2C12H18O.4ClH.W/c2*1-8(2)10-6-5-7-11(9(3)4)12(10)13;;;;;/h2*5-9,13H,1-4H3;4*1H;. The normalized spacial score (nSPS) is 9.42. The number of phenolic OH excluding ortho intramolecular Hbond substituents is 2. The van der Waals surface area contributed by atoms with Crippen LogP contribution in [0.25, 0.3) is 0 Å². The average molecular weight is 686 g/mol. The van der Waals surface area contributed by atoms with Gasteiger partial charge in [-0.3, -0.25) is 0 Å². The summed E-state index contributed by atoms with van der Waals surface area (Å²) in [5, 5.41) is 19.9. The summed E-state index contributed by atoms with van der Waals surface area (Å²) in [5.74, 6) is 2.51. The number of para-hydroxylation sites is 2. The summed E-state index contributed by atoms with van der Waals surface area (Å²) >= 11 is 0. The zero-order valence-electron chi connectivity index (χ0n) is 19.7. The van der Waals surface area contributed by atoms with Crippen molar-refractivity contribution in [2.45, 2.75) is 79.1 Å². The number of aromatic hydroxyl groups is 2. The molecule has 0 atom stereocenters. The second-order valence-electron chi connectivity index (χ2n) is 8.19. The molecule has 2 N–H and O–H groups in total. The van der Waals surface area contributed by atoms with Crippen molar-refractivity contribution in [1.82, 2.24) is 0 Å². The van der Waals surface area contributed by atoms with E-state index in [9.17, 15) is 10.2 Å². The van der Waals surface area contributed by atoms with Crippen molar-refractivity contribution in [3.8, 4) is 11.5 Å². The second kappa shape index (κ2) is 19.4. The van der Waals surface area contributed by atoms with E-state index in [1.807, 2.05) is 36.4 Å². The van der Waals surface area contributed by atoms with Gasteiger partial charge in [0.2, 0.25) is 0 Å². The van der Waals surface area contributed by atoms with E-state index in [1.165, 1.54) is 0 Å². The van der Waals surface area contributed by atoms with Crippen molar-refractivity contribution in [1.29, 1.82) is 0 Å². The van der Waals surface area contributed by atoms with Crippen LogP contribution in [-0.2, 0) is 21.1 Å². The fraction of sp³-hybridized carbons (Fsp3) is 0.500. The second-order valence-corrected chi connectivity index (χ2v) is 8.19. The minimum absolute atomic E-state index is 0. The fourth-order valence-corrected chi connectivity index (χ4v) is 3.02. The van der Waals surface area contributed by atoms with E-state index in [0.29, 0.717) is 35.2 Å². The Morgan fingerprint density at radius 3 is 0.742 bits per heavy atom. The predicted molar refractivity (Wildman–Crippen MR) is 142 cm³/mol. The molecule has 0 aliphatic heterocycles. The molecular formula is C24H40Cl4O2W. The first kappa shape index (κ1) is 41.2. The van der Waals surface area contributed by atoms with Crippen LogP contribution >= 0.6 is 49.6 Å². The third-order valence-corrected chi connectivity index (χ3v) is 4.68. The number of hydrogen-bond donors (Lipinski definition) is 2. The number of benzene rings is 2. The zero-order chi connectivity index (χ0) is 20.0. The van der Waals surface area contributed by atoms with Crippen LogP contribution < -0.4 is 0 Å². The molecule has 2 aromatic rings. The van der Waals surface area contributed by atoms with Gasteiger partial charge in [0, 0.05) is 21.1 Å². The van der Waals surface area contributed by atoms with E-state index in [2.05, 4.69) is 55.4 Å². The molecule has 7 heteroatoms. The molecule has 0 saturated carbocycles. The Kier molecular flexibility index (Phi) is 25.7. The van der Waals surface area contributed by atoms with Gasteiger partial charge in [-0.15, -0.1) is 49.6 Å². The SMILES string of the molecule is CC(C)c1cccc(C(C)C)c1O.CC(C)c1cccc(C(C)C)c1O.Cl.Cl.Cl.Cl.[W]. The van der Waals surface area contributed by atoms with Crippen LogP contribution in [0.15, 0.2) is 36.4 Å². The quantitative estimate of drug-likeness (QED) is 0.338. The van der Waals surface area contributed by atoms with E-state index < -0.39 is 0 Å². The molecule has 2 aromatic carbocycles. The Bertz CT molecular complexity index is 607. The number of phenols is 2. The van der Waals surface area contributed by atoms with Crippen LogP contribution in [0.4, 0.5) is 0 Å². The van der Waals surface area contributed by atoms with E-state index >= 15 is 0 Å². The summed E-state index contributed by atoms with van der Waals surface area (Å²) in [4.78, 5) is 0. The third-order valence-electron chi connectivity index (χ3n) is 4.68. The number of halogens is 4. The van der Waals surface area contributed by atoms with Gasteiger partial charge in [0.15, 0.2) is 0 Å². The fourth-order valence-electron chi connectivity index (χ4n) is 3.02. The monoisotopic (exact) mass is 684 g/mol. The van der Waals surface area contributed by atoms with E-state index in [-0.39, 0.29) is 70.7 Å². The summed E-state index contributed by atoms with van der Waals surface area (Å²) in [6, 6.07) is 12.0. The Labute approximate surface area is 228 Å². The van der Waals surface area contributed by atoms with Crippen molar-refractivity contribution in [2.75, 3.05) is 0 Å². The van der Waals surface area contributed by atoms with Gasteiger partial charge in [-0.2, -0.15) is 0 Å². The largest absolute Gasteiger partial charge is 0.507 e. The molecule has 2 nitrogen and oxygen atoms in total. The molecule has 0 spiro atoms. The molecule has 0 saturated heterocycles. The molecule has 31 heavy (non-hydrogen) atoms. The third kappa shape index (κ3) is 12.1. The molecule has 0 aliphatic rings. The van der Waals surface area contributed by atoms with Crippen LogP contribution in [-0.4, -0.2) is 10.2 Å². The number of hydrogen-bond acceptors (Lipinski definition) is 2. The Hall–Kier alpha value is -0.112. The van der Waals surface area contributed by atoms with Gasteiger partial charge in [-0.1, -0.05) is 91.8 Å². The van der Waals surface area contributed by atoms with Crippen molar-refractivity contribution in [3.63, 3.8) is 0 Å². The van der Waals surface area contributed by atoms with Gasteiger partial charge in [-0.05, 0) is 45.9 Å². The van der Waals surface area contributed by atoms with Crippen LogP contribution in [0.1, 0.15) is 101 Å². The van der Waals surface area contributed by atoms with Gasteiger partial charge in [-0.25, -0.2) is 0 Å². The van der Waals surface area contributed by atoms with Crippen LogP contribution in [0.2, 0.25) is 0 Å². The van der Waals surface area contributed by atoms with E-state index in [0.717, 1.165) is 22.3 Å². The van der Waals surface area contributed by atoms with Gasteiger partial charge in [0.25, 0.3) is 0 Å². The predicted octanol–water partition coefficient (Wildman–Crippen LogP) is 8.96. The maximum atomic E-state index is 9.93. The van der Waals surface area contributed by atoms with Crippen molar-refractivity contribution in [3.05, 3.63) is 58.7 Å².